The van der Waals surface area contributed by atoms with Gasteiger partial charge in [0.1, 0.15) is 6.04 Å². The Morgan fingerprint density at radius 2 is 1.93 bits per heavy atom. The Balaban J connectivity index is 2.07. The molecule has 0 unspecified atom stereocenters. The largest absolute Gasteiger partial charge is 0.467 e. The van der Waals surface area contributed by atoms with E-state index in [-0.39, 0.29) is 11.8 Å². The number of benzene rings is 1. The molecule has 0 radical (unpaired) electrons. The van der Waals surface area contributed by atoms with Gasteiger partial charge >= 0.3 is 5.97 Å². The number of nitrogens with one attached hydrogen (secondary N) is 1. The highest BCUT2D eigenvalue weighted by Gasteiger charge is 2.54. The zero-order valence-electron chi connectivity index (χ0n) is 17.7. The molecule has 1 fully saturated rings. The molecule has 0 bridgehead atoms. The van der Waals surface area contributed by atoms with E-state index >= 15 is 0 Å². The molecule has 6 nitrogen and oxygen atoms in total. The minimum atomic E-state index is -0.734. The SMILES string of the molecule is CCCCN1C(=O)c2ccccc2[C@H](C(=O)N[C@@H](C)C(=O)OC)C12CCCCC2. The lowest BCUT2D eigenvalue weighted by molar-refractivity contribution is -0.145. The molecule has 1 aromatic rings. The van der Waals surface area contributed by atoms with Crippen molar-refractivity contribution in [3.05, 3.63) is 35.4 Å². The number of amides is 2. The number of rotatable bonds is 6. The summed E-state index contributed by atoms with van der Waals surface area (Å²) in [5, 5.41) is 2.85. The predicted molar refractivity (Wildman–Crippen MR) is 111 cm³/mol. The van der Waals surface area contributed by atoms with E-state index in [0.717, 1.165) is 50.5 Å². The number of hydrogen-bond donors (Lipinski definition) is 1. The Morgan fingerprint density at radius 3 is 2.59 bits per heavy atom. The predicted octanol–water partition coefficient (Wildman–Crippen LogP) is 3.41. The molecule has 29 heavy (non-hydrogen) atoms. The lowest BCUT2D eigenvalue weighted by Gasteiger charge is -2.54. The molecule has 1 N–H and O–H groups in total. The van der Waals surface area contributed by atoms with Crippen molar-refractivity contribution in [1.82, 2.24) is 10.2 Å². The van der Waals surface area contributed by atoms with Crippen molar-refractivity contribution in [1.29, 1.82) is 0 Å². The minimum Gasteiger partial charge on any atom is -0.467 e. The van der Waals surface area contributed by atoms with E-state index in [9.17, 15) is 14.4 Å². The first-order valence-electron chi connectivity index (χ1n) is 10.8. The van der Waals surface area contributed by atoms with Gasteiger partial charge in [-0.05, 0) is 37.8 Å². The van der Waals surface area contributed by atoms with Gasteiger partial charge in [0.15, 0.2) is 0 Å². The van der Waals surface area contributed by atoms with Crippen LogP contribution in [0.3, 0.4) is 0 Å². The van der Waals surface area contributed by atoms with Crippen LogP contribution in [0.2, 0.25) is 0 Å². The second-order valence-corrected chi connectivity index (χ2v) is 8.25. The third-order valence-electron chi connectivity index (χ3n) is 6.45. The lowest BCUT2D eigenvalue weighted by Crippen LogP contribution is -2.63. The highest BCUT2D eigenvalue weighted by atomic mass is 16.5. The summed E-state index contributed by atoms with van der Waals surface area (Å²) >= 11 is 0. The van der Waals surface area contributed by atoms with Gasteiger partial charge in [-0.25, -0.2) is 4.79 Å². The Hall–Kier alpha value is -2.37. The van der Waals surface area contributed by atoms with Crippen molar-refractivity contribution in [3.8, 4) is 0 Å². The van der Waals surface area contributed by atoms with Gasteiger partial charge in [0.05, 0.1) is 18.6 Å². The molecule has 2 amide bonds. The van der Waals surface area contributed by atoms with E-state index in [1.807, 2.05) is 29.2 Å². The van der Waals surface area contributed by atoms with Crippen LogP contribution in [-0.4, -0.2) is 47.9 Å². The first-order valence-corrected chi connectivity index (χ1v) is 10.8. The van der Waals surface area contributed by atoms with Gasteiger partial charge in [-0.1, -0.05) is 50.8 Å². The zero-order valence-corrected chi connectivity index (χ0v) is 17.7. The Labute approximate surface area is 173 Å². The summed E-state index contributed by atoms with van der Waals surface area (Å²) in [6.45, 7) is 4.39. The molecular formula is C23H32N2O4. The molecule has 1 aromatic carbocycles. The fourth-order valence-corrected chi connectivity index (χ4v) is 5.02. The summed E-state index contributed by atoms with van der Waals surface area (Å²) in [4.78, 5) is 40.9. The summed E-state index contributed by atoms with van der Waals surface area (Å²) in [7, 11) is 1.31. The van der Waals surface area contributed by atoms with Gasteiger partial charge in [-0.15, -0.1) is 0 Å². The van der Waals surface area contributed by atoms with Crippen LogP contribution >= 0.6 is 0 Å². The normalized spacial score (nSPS) is 21.4. The van der Waals surface area contributed by atoms with Crippen LogP contribution in [0.25, 0.3) is 0 Å². The van der Waals surface area contributed by atoms with Crippen LogP contribution in [0.1, 0.15) is 80.6 Å². The van der Waals surface area contributed by atoms with E-state index in [0.29, 0.717) is 12.1 Å². The first-order chi connectivity index (χ1) is 14.0. The molecule has 1 saturated carbocycles. The van der Waals surface area contributed by atoms with E-state index < -0.39 is 23.5 Å². The van der Waals surface area contributed by atoms with Gasteiger partial charge in [-0.2, -0.15) is 0 Å². The molecule has 158 valence electrons. The Bertz CT molecular complexity index is 770. The molecule has 1 heterocycles. The number of ether oxygens (including phenoxy) is 1. The third kappa shape index (κ3) is 3.89. The van der Waals surface area contributed by atoms with Gasteiger partial charge in [-0.3, -0.25) is 9.59 Å². The van der Waals surface area contributed by atoms with Crippen LogP contribution in [0.15, 0.2) is 24.3 Å². The Kier molecular flexibility index (Phi) is 6.60. The van der Waals surface area contributed by atoms with E-state index in [1.54, 1.807) is 6.92 Å². The second-order valence-electron chi connectivity index (χ2n) is 8.25. The molecule has 1 spiro atoms. The van der Waals surface area contributed by atoms with Gasteiger partial charge in [0, 0.05) is 12.1 Å². The molecule has 1 aliphatic carbocycles. The number of nitrogens with zero attached hydrogens (tertiary/aromatic N) is 1. The molecule has 2 aliphatic rings. The zero-order chi connectivity index (χ0) is 21.0. The maximum atomic E-state index is 13.5. The minimum absolute atomic E-state index is 0.0287. The highest BCUT2D eigenvalue weighted by molar-refractivity contribution is 6.02. The summed E-state index contributed by atoms with van der Waals surface area (Å²) in [6, 6.07) is 6.71. The van der Waals surface area contributed by atoms with Gasteiger partial charge < -0.3 is 15.0 Å². The quantitative estimate of drug-likeness (QED) is 0.743. The lowest BCUT2D eigenvalue weighted by atomic mass is 9.65. The molecule has 0 aromatic heterocycles. The summed E-state index contributed by atoms with van der Waals surface area (Å²) in [6.07, 6.45) is 6.61. The van der Waals surface area contributed by atoms with Crippen molar-refractivity contribution in [3.63, 3.8) is 0 Å². The molecule has 3 rings (SSSR count). The topological polar surface area (TPSA) is 75.7 Å². The number of carbonyl (C=O) groups is 3. The van der Waals surface area contributed by atoms with Crippen LogP contribution < -0.4 is 5.32 Å². The van der Waals surface area contributed by atoms with Gasteiger partial charge in [0.2, 0.25) is 5.91 Å². The highest BCUT2D eigenvalue weighted by Crippen LogP contribution is 2.49. The fourth-order valence-electron chi connectivity index (χ4n) is 5.02. The summed E-state index contributed by atoms with van der Waals surface area (Å²) < 4.78 is 4.78. The fraction of sp³-hybridized carbons (Fsp3) is 0.609. The van der Waals surface area contributed by atoms with Gasteiger partial charge in [0.25, 0.3) is 5.91 Å². The van der Waals surface area contributed by atoms with E-state index in [4.69, 9.17) is 4.74 Å². The third-order valence-corrected chi connectivity index (χ3v) is 6.45. The molecule has 1 aliphatic heterocycles. The smallest absolute Gasteiger partial charge is 0.328 e. The van der Waals surface area contributed by atoms with Crippen LogP contribution in [-0.2, 0) is 14.3 Å². The molecular weight excluding hydrogens is 368 g/mol. The van der Waals surface area contributed by atoms with Crippen LogP contribution in [0, 0.1) is 0 Å². The standard InChI is InChI=1S/C23H32N2O4/c1-4-5-15-25-21(27)18-12-8-7-11-17(18)19(23(25)13-9-6-10-14-23)20(26)24-16(2)22(28)29-3/h7-8,11-12,16,19H,4-6,9-10,13-15H2,1-3H3,(H,24,26)/t16-,19+/m0/s1. The molecule has 6 heteroatoms. The Morgan fingerprint density at radius 1 is 1.24 bits per heavy atom. The number of unbranched alkanes of at least 4 members (excludes halogenated alkanes) is 1. The first kappa shape index (κ1) is 21.3. The van der Waals surface area contributed by atoms with Crippen LogP contribution in [0.5, 0.6) is 0 Å². The summed E-state index contributed by atoms with van der Waals surface area (Å²) in [5.41, 5.74) is 0.853. The maximum Gasteiger partial charge on any atom is 0.328 e. The monoisotopic (exact) mass is 400 g/mol. The number of esters is 1. The van der Waals surface area contributed by atoms with Crippen molar-refractivity contribution in [2.45, 2.75) is 76.3 Å². The van der Waals surface area contributed by atoms with Crippen molar-refractivity contribution < 1.29 is 19.1 Å². The average Bonchev–Trinajstić information content (AvgIpc) is 2.73. The number of hydrogen-bond acceptors (Lipinski definition) is 4. The molecule has 0 saturated heterocycles. The van der Waals surface area contributed by atoms with Crippen LogP contribution in [0.4, 0.5) is 0 Å². The average molecular weight is 401 g/mol. The van der Waals surface area contributed by atoms with Crippen molar-refractivity contribution in [2.75, 3.05) is 13.7 Å². The van der Waals surface area contributed by atoms with Crippen molar-refractivity contribution in [2.24, 2.45) is 0 Å². The van der Waals surface area contributed by atoms with E-state index in [2.05, 4.69) is 12.2 Å². The second kappa shape index (κ2) is 8.97. The number of carbonyl (C=O) groups excluding carboxylic acids is 3. The molecule has 2 atom stereocenters. The van der Waals surface area contributed by atoms with Crippen molar-refractivity contribution >= 4 is 17.8 Å². The number of fused-ring (bicyclic) bond motifs is 1. The number of methoxy groups -OCH3 is 1. The summed E-state index contributed by atoms with van der Waals surface area (Å²) in [5.74, 6) is -1.13. The van der Waals surface area contributed by atoms with E-state index in [1.165, 1.54) is 7.11 Å². The maximum absolute atomic E-state index is 13.5.